The Morgan fingerprint density at radius 3 is 2.78 bits per heavy atom. The first-order chi connectivity index (χ1) is 10.9. The molecule has 2 aromatic heterocycles. The van der Waals surface area contributed by atoms with E-state index < -0.39 is 0 Å². The van der Waals surface area contributed by atoms with Crippen molar-refractivity contribution in [2.24, 2.45) is 13.0 Å². The Morgan fingerprint density at radius 1 is 1.35 bits per heavy atom. The molecule has 1 amide bonds. The number of hydrogen-bond donors (Lipinski definition) is 2. The predicted molar refractivity (Wildman–Crippen MR) is 91.8 cm³/mol. The van der Waals surface area contributed by atoms with Crippen LogP contribution < -0.4 is 10.6 Å². The minimum atomic E-state index is -0.0241. The molecule has 6 nitrogen and oxygen atoms in total. The van der Waals surface area contributed by atoms with E-state index in [4.69, 9.17) is 16.6 Å². The van der Waals surface area contributed by atoms with Gasteiger partial charge in [0.1, 0.15) is 5.82 Å². The molecule has 0 saturated heterocycles. The van der Waals surface area contributed by atoms with E-state index in [1.165, 1.54) is 0 Å². The highest BCUT2D eigenvalue weighted by Crippen LogP contribution is 2.34. The number of aromatic nitrogens is 3. The van der Waals surface area contributed by atoms with E-state index in [1.807, 2.05) is 20.9 Å². The number of nitrogens with zero attached hydrogens (tertiary/aromatic N) is 3. The van der Waals surface area contributed by atoms with Gasteiger partial charge in [0.2, 0.25) is 5.91 Å². The molecule has 2 heterocycles. The predicted octanol–water partition coefficient (Wildman–Crippen LogP) is 2.57. The average Bonchev–Trinajstić information content (AvgIpc) is 3.08. The van der Waals surface area contributed by atoms with Crippen LogP contribution in [0.4, 0.5) is 5.82 Å². The maximum absolute atomic E-state index is 12.0. The normalized spacial score (nSPS) is 20.9. The van der Waals surface area contributed by atoms with Crippen LogP contribution in [-0.4, -0.2) is 33.8 Å². The van der Waals surface area contributed by atoms with Gasteiger partial charge in [-0.05, 0) is 26.7 Å². The van der Waals surface area contributed by atoms with Crippen LogP contribution in [0.5, 0.6) is 0 Å². The van der Waals surface area contributed by atoms with Crippen LogP contribution in [0.1, 0.15) is 30.5 Å². The second kappa shape index (κ2) is 6.00. The SMILES string of the molecule is CNC(=O)[C@@H]1CCC[C@@H]1Nc1nc2c(c(C)nn2C)c(Cl)c1C. The van der Waals surface area contributed by atoms with Gasteiger partial charge in [-0.3, -0.25) is 9.48 Å². The molecule has 0 radical (unpaired) electrons. The Kier molecular flexibility index (Phi) is 4.19. The molecule has 124 valence electrons. The van der Waals surface area contributed by atoms with Crippen LogP contribution in [0.2, 0.25) is 5.02 Å². The smallest absolute Gasteiger partial charge is 0.224 e. The first-order valence-corrected chi connectivity index (χ1v) is 8.29. The second-order valence-electron chi connectivity index (χ2n) is 6.21. The summed E-state index contributed by atoms with van der Waals surface area (Å²) in [5.41, 5.74) is 2.53. The van der Waals surface area contributed by atoms with Crippen molar-refractivity contribution < 1.29 is 4.79 Å². The summed E-state index contributed by atoms with van der Waals surface area (Å²) >= 11 is 6.55. The van der Waals surface area contributed by atoms with Crippen LogP contribution in [0.15, 0.2) is 0 Å². The van der Waals surface area contributed by atoms with Crippen molar-refractivity contribution in [1.29, 1.82) is 0 Å². The van der Waals surface area contributed by atoms with Gasteiger partial charge in [0.15, 0.2) is 5.65 Å². The molecule has 1 saturated carbocycles. The van der Waals surface area contributed by atoms with Gasteiger partial charge in [0.05, 0.1) is 22.0 Å². The average molecular weight is 336 g/mol. The largest absolute Gasteiger partial charge is 0.366 e. The molecule has 7 heteroatoms. The topological polar surface area (TPSA) is 71.8 Å². The summed E-state index contributed by atoms with van der Waals surface area (Å²) in [6.45, 7) is 3.88. The highest BCUT2D eigenvalue weighted by Gasteiger charge is 2.33. The molecule has 3 rings (SSSR count). The third-order valence-corrected chi connectivity index (χ3v) is 5.21. The highest BCUT2D eigenvalue weighted by atomic mass is 35.5. The number of anilines is 1. The fraction of sp³-hybridized carbons (Fsp3) is 0.562. The van der Waals surface area contributed by atoms with E-state index in [2.05, 4.69) is 15.7 Å². The Bertz CT molecular complexity index is 770. The van der Waals surface area contributed by atoms with Crippen LogP contribution in [0, 0.1) is 19.8 Å². The summed E-state index contributed by atoms with van der Waals surface area (Å²) in [4.78, 5) is 16.7. The Balaban J connectivity index is 1.99. The number of pyridine rings is 1. The zero-order valence-electron chi connectivity index (χ0n) is 13.9. The van der Waals surface area contributed by atoms with Crippen molar-refractivity contribution in [1.82, 2.24) is 20.1 Å². The van der Waals surface area contributed by atoms with Gasteiger partial charge in [-0.25, -0.2) is 4.98 Å². The molecule has 2 N–H and O–H groups in total. The molecule has 0 aromatic carbocycles. The molecule has 23 heavy (non-hydrogen) atoms. The van der Waals surface area contributed by atoms with Crippen LogP contribution in [0.3, 0.4) is 0 Å². The molecular weight excluding hydrogens is 314 g/mol. The van der Waals surface area contributed by atoms with Gasteiger partial charge in [0, 0.05) is 25.7 Å². The summed E-state index contributed by atoms with van der Waals surface area (Å²) < 4.78 is 1.74. The molecule has 0 bridgehead atoms. The number of carbonyl (C=O) groups excluding carboxylic acids is 1. The van der Waals surface area contributed by atoms with Gasteiger partial charge in [-0.2, -0.15) is 5.10 Å². The van der Waals surface area contributed by atoms with E-state index in [0.29, 0.717) is 5.02 Å². The number of halogens is 1. The lowest BCUT2D eigenvalue weighted by Crippen LogP contribution is -2.36. The lowest BCUT2D eigenvalue weighted by atomic mass is 10.0. The fourth-order valence-corrected chi connectivity index (χ4v) is 3.77. The molecule has 1 fully saturated rings. The van der Waals surface area contributed by atoms with Crippen molar-refractivity contribution in [3.8, 4) is 0 Å². The molecule has 2 atom stereocenters. The highest BCUT2D eigenvalue weighted by molar-refractivity contribution is 6.36. The molecule has 0 spiro atoms. The van der Waals surface area contributed by atoms with Crippen LogP contribution in [-0.2, 0) is 11.8 Å². The number of hydrogen-bond acceptors (Lipinski definition) is 4. The number of fused-ring (bicyclic) bond motifs is 1. The van der Waals surface area contributed by atoms with E-state index in [0.717, 1.165) is 47.4 Å². The Morgan fingerprint density at radius 2 is 2.09 bits per heavy atom. The molecule has 1 aliphatic carbocycles. The maximum atomic E-state index is 12.0. The molecular formula is C16H22ClN5O. The standard InChI is InChI=1S/C16H22ClN5O/c1-8-13(17)12-9(2)21-22(4)15(12)20-14(8)19-11-7-5-6-10(11)16(23)18-3/h10-11H,5-7H2,1-4H3,(H,18,23)(H,19,20)/t10-,11+/m1/s1. The Labute approximate surface area is 140 Å². The second-order valence-corrected chi connectivity index (χ2v) is 6.59. The van der Waals surface area contributed by atoms with Crippen LogP contribution in [0.25, 0.3) is 11.0 Å². The first kappa shape index (κ1) is 16.1. The van der Waals surface area contributed by atoms with Crippen molar-refractivity contribution in [3.63, 3.8) is 0 Å². The fourth-order valence-electron chi connectivity index (χ4n) is 3.46. The lowest BCUT2D eigenvalue weighted by Gasteiger charge is -2.21. The zero-order valence-corrected chi connectivity index (χ0v) is 14.7. The van der Waals surface area contributed by atoms with E-state index >= 15 is 0 Å². The quantitative estimate of drug-likeness (QED) is 0.904. The summed E-state index contributed by atoms with van der Waals surface area (Å²) in [7, 11) is 3.54. The molecule has 0 unspecified atom stereocenters. The van der Waals surface area contributed by atoms with Gasteiger partial charge in [0.25, 0.3) is 0 Å². The number of rotatable bonds is 3. The number of carbonyl (C=O) groups is 1. The third-order valence-electron chi connectivity index (χ3n) is 4.73. The summed E-state index contributed by atoms with van der Waals surface area (Å²) in [6, 6.07) is 0.0870. The lowest BCUT2D eigenvalue weighted by molar-refractivity contribution is -0.124. The van der Waals surface area contributed by atoms with E-state index in [9.17, 15) is 4.79 Å². The van der Waals surface area contributed by atoms with E-state index in [-0.39, 0.29) is 17.9 Å². The molecule has 0 aliphatic heterocycles. The van der Waals surface area contributed by atoms with Crippen LogP contribution >= 0.6 is 11.6 Å². The maximum Gasteiger partial charge on any atom is 0.224 e. The van der Waals surface area contributed by atoms with Gasteiger partial charge >= 0.3 is 0 Å². The summed E-state index contributed by atoms with van der Waals surface area (Å²) in [5, 5.41) is 12.2. The molecule has 2 aromatic rings. The number of amides is 1. The first-order valence-electron chi connectivity index (χ1n) is 7.91. The molecule has 1 aliphatic rings. The van der Waals surface area contributed by atoms with Gasteiger partial charge in [-0.15, -0.1) is 0 Å². The van der Waals surface area contributed by atoms with E-state index in [1.54, 1.807) is 11.7 Å². The third kappa shape index (κ3) is 2.65. The number of aryl methyl sites for hydroxylation is 2. The van der Waals surface area contributed by atoms with Gasteiger partial charge in [-0.1, -0.05) is 18.0 Å². The summed E-state index contributed by atoms with van der Waals surface area (Å²) in [6.07, 6.45) is 2.89. The minimum Gasteiger partial charge on any atom is -0.366 e. The zero-order chi connectivity index (χ0) is 16.7. The monoisotopic (exact) mass is 335 g/mol. The van der Waals surface area contributed by atoms with Crippen molar-refractivity contribution in [2.45, 2.75) is 39.2 Å². The van der Waals surface area contributed by atoms with Crippen molar-refractivity contribution in [2.75, 3.05) is 12.4 Å². The van der Waals surface area contributed by atoms with Crippen molar-refractivity contribution in [3.05, 3.63) is 16.3 Å². The van der Waals surface area contributed by atoms with Crippen molar-refractivity contribution >= 4 is 34.4 Å². The summed E-state index contributed by atoms with van der Waals surface area (Å²) in [5.74, 6) is 0.802. The van der Waals surface area contributed by atoms with Gasteiger partial charge < -0.3 is 10.6 Å². The minimum absolute atomic E-state index is 0.0241. The number of nitrogens with one attached hydrogen (secondary N) is 2. The Hall–Kier alpha value is -1.82.